The van der Waals surface area contributed by atoms with Gasteiger partial charge in [-0.05, 0) is 12.1 Å². The van der Waals surface area contributed by atoms with Crippen molar-refractivity contribution in [3.8, 4) is 6.07 Å². The Morgan fingerprint density at radius 1 is 1.39 bits per heavy atom. The number of pyridine rings is 2. The predicted molar refractivity (Wildman–Crippen MR) is 69.7 cm³/mol. The van der Waals surface area contributed by atoms with E-state index < -0.39 is 0 Å². The molecule has 0 unspecified atom stereocenters. The SMILES string of the molecule is CN(Cc1cccnc1C#N)c1ccncc1N. The van der Waals surface area contributed by atoms with E-state index in [1.807, 2.05) is 30.1 Å². The van der Waals surface area contributed by atoms with Crippen LogP contribution in [0.25, 0.3) is 0 Å². The summed E-state index contributed by atoms with van der Waals surface area (Å²) >= 11 is 0. The molecule has 90 valence electrons. The number of rotatable bonds is 3. The van der Waals surface area contributed by atoms with Gasteiger partial charge < -0.3 is 10.6 Å². The van der Waals surface area contributed by atoms with E-state index in [1.165, 1.54) is 0 Å². The summed E-state index contributed by atoms with van der Waals surface area (Å²) in [5.74, 6) is 0. The summed E-state index contributed by atoms with van der Waals surface area (Å²) in [5.41, 5.74) is 8.68. The van der Waals surface area contributed by atoms with Crippen molar-refractivity contribution in [3.63, 3.8) is 0 Å². The molecule has 0 aliphatic heterocycles. The van der Waals surface area contributed by atoms with Gasteiger partial charge in [-0.2, -0.15) is 5.26 Å². The number of nitrogen functional groups attached to an aromatic ring is 1. The Balaban J connectivity index is 2.25. The van der Waals surface area contributed by atoms with E-state index in [0.29, 0.717) is 17.9 Å². The first-order valence-electron chi connectivity index (χ1n) is 5.47. The van der Waals surface area contributed by atoms with Crippen molar-refractivity contribution < 1.29 is 0 Å². The largest absolute Gasteiger partial charge is 0.396 e. The van der Waals surface area contributed by atoms with Crippen LogP contribution in [-0.4, -0.2) is 17.0 Å². The number of hydrogen-bond donors (Lipinski definition) is 1. The topological polar surface area (TPSA) is 78.8 Å². The van der Waals surface area contributed by atoms with Gasteiger partial charge in [-0.1, -0.05) is 6.07 Å². The van der Waals surface area contributed by atoms with Gasteiger partial charge >= 0.3 is 0 Å². The quantitative estimate of drug-likeness (QED) is 0.879. The van der Waals surface area contributed by atoms with Crippen LogP contribution >= 0.6 is 0 Å². The number of nitriles is 1. The average molecular weight is 239 g/mol. The van der Waals surface area contributed by atoms with Crippen molar-refractivity contribution in [2.45, 2.75) is 6.54 Å². The van der Waals surface area contributed by atoms with Crippen molar-refractivity contribution in [1.29, 1.82) is 5.26 Å². The number of hydrogen-bond acceptors (Lipinski definition) is 5. The Morgan fingerprint density at radius 3 is 2.94 bits per heavy atom. The van der Waals surface area contributed by atoms with Crippen molar-refractivity contribution >= 4 is 11.4 Å². The fraction of sp³-hybridized carbons (Fsp3) is 0.154. The van der Waals surface area contributed by atoms with Gasteiger partial charge in [0.05, 0.1) is 17.6 Å². The third-order valence-corrected chi connectivity index (χ3v) is 2.64. The number of nitrogens with zero attached hydrogens (tertiary/aromatic N) is 4. The normalized spacial score (nSPS) is 9.78. The van der Waals surface area contributed by atoms with Crippen LogP contribution in [-0.2, 0) is 6.54 Å². The average Bonchev–Trinajstić information content (AvgIpc) is 2.39. The monoisotopic (exact) mass is 239 g/mol. The minimum atomic E-state index is 0.442. The van der Waals surface area contributed by atoms with Crippen molar-refractivity contribution in [3.05, 3.63) is 48.0 Å². The molecule has 2 N–H and O–H groups in total. The molecule has 0 fully saturated rings. The summed E-state index contributed by atoms with van der Waals surface area (Å²) in [6.07, 6.45) is 4.92. The highest BCUT2D eigenvalue weighted by Gasteiger charge is 2.09. The van der Waals surface area contributed by atoms with E-state index >= 15 is 0 Å². The van der Waals surface area contributed by atoms with Gasteiger partial charge in [-0.25, -0.2) is 4.98 Å². The van der Waals surface area contributed by atoms with Crippen LogP contribution in [0.15, 0.2) is 36.8 Å². The maximum Gasteiger partial charge on any atom is 0.145 e. The first-order valence-corrected chi connectivity index (χ1v) is 5.47. The van der Waals surface area contributed by atoms with Crippen LogP contribution in [0, 0.1) is 11.3 Å². The first-order chi connectivity index (χ1) is 8.72. The van der Waals surface area contributed by atoms with Gasteiger partial charge in [0, 0.05) is 31.5 Å². The van der Waals surface area contributed by atoms with Crippen LogP contribution in [0.2, 0.25) is 0 Å². The third-order valence-electron chi connectivity index (χ3n) is 2.64. The summed E-state index contributed by atoms with van der Waals surface area (Å²) < 4.78 is 0. The lowest BCUT2D eigenvalue weighted by Crippen LogP contribution is -2.18. The van der Waals surface area contributed by atoms with Crippen LogP contribution < -0.4 is 10.6 Å². The molecule has 0 amide bonds. The predicted octanol–water partition coefficient (Wildman–Crippen LogP) is 1.57. The molecule has 0 radical (unpaired) electrons. The first kappa shape index (κ1) is 11.9. The van der Waals surface area contributed by atoms with Crippen LogP contribution in [0.5, 0.6) is 0 Å². The molecule has 18 heavy (non-hydrogen) atoms. The third kappa shape index (κ3) is 2.38. The Hall–Kier alpha value is -2.61. The lowest BCUT2D eigenvalue weighted by molar-refractivity contribution is 0.909. The highest BCUT2D eigenvalue weighted by molar-refractivity contribution is 5.65. The summed E-state index contributed by atoms with van der Waals surface area (Å²) in [6.45, 7) is 0.574. The Morgan fingerprint density at radius 2 is 2.22 bits per heavy atom. The molecule has 2 aromatic rings. The Kier molecular flexibility index (Phi) is 3.39. The lowest BCUT2D eigenvalue weighted by atomic mass is 10.2. The number of anilines is 2. The zero-order valence-electron chi connectivity index (χ0n) is 10.0. The smallest absolute Gasteiger partial charge is 0.145 e. The number of aromatic nitrogens is 2. The summed E-state index contributed by atoms with van der Waals surface area (Å²) in [7, 11) is 1.92. The molecule has 5 nitrogen and oxygen atoms in total. The van der Waals surface area contributed by atoms with Gasteiger partial charge in [0.15, 0.2) is 0 Å². The molecule has 0 aliphatic rings. The van der Waals surface area contributed by atoms with Crippen molar-refractivity contribution in [2.75, 3.05) is 17.7 Å². The highest BCUT2D eigenvalue weighted by atomic mass is 15.1. The van der Waals surface area contributed by atoms with Crippen LogP contribution in [0.1, 0.15) is 11.3 Å². The number of nitrogens with two attached hydrogens (primary N) is 1. The Bertz CT molecular complexity index is 588. The van der Waals surface area contributed by atoms with Crippen molar-refractivity contribution in [1.82, 2.24) is 9.97 Å². The van der Waals surface area contributed by atoms with E-state index in [0.717, 1.165) is 11.3 Å². The lowest BCUT2D eigenvalue weighted by Gasteiger charge is -2.20. The van der Waals surface area contributed by atoms with Gasteiger partial charge in [-0.3, -0.25) is 4.98 Å². The molecule has 0 saturated heterocycles. The minimum Gasteiger partial charge on any atom is -0.396 e. The summed E-state index contributed by atoms with van der Waals surface area (Å²) in [6, 6.07) is 7.64. The molecule has 0 atom stereocenters. The maximum absolute atomic E-state index is 8.99. The second kappa shape index (κ2) is 5.15. The molecule has 2 rings (SSSR count). The Labute approximate surface area is 106 Å². The molecular weight excluding hydrogens is 226 g/mol. The van der Waals surface area contributed by atoms with E-state index in [2.05, 4.69) is 16.0 Å². The molecule has 0 bridgehead atoms. The van der Waals surface area contributed by atoms with Crippen LogP contribution in [0.3, 0.4) is 0 Å². The van der Waals surface area contributed by atoms with E-state index in [1.54, 1.807) is 18.6 Å². The van der Waals surface area contributed by atoms with Gasteiger partial charge in [0.2, 0.25) is 0 Å². The van der Waals surface area contributed by atoms with E-state index in [9.17, 15) is 0 Å². The molecule has 0 aromatic carbocycles. The molecule has 5 heteroatoms. The molecule has 0 spiro atoms. The second-order valence-electron chi connectivity index (χ2n) is 3.91. The fourth-order valence-corrected chi connectivity index (χ4v) is 1.75. The van der Waals surface area contributed by atoms with E-state index in [-0.39, 0.29) is 0 Å². The van der Waals surface area contributed by atoms with Crippen molar-refractivity contribution in [2.24, 2.45) is 0 Å². The maximum atomic E-state index is 8.99. The van der Waals surface area contributed by atoms with Gasteiger partial charge in [0.1, 0.15) is 11.8 Å². The molecule has 0 aliphatic carbocycles. The van der Waals surface area contributed by atoms with Gasteiger partial charge in [0.25, 0.3) is 0 Å². The summed E-state index contributed by atoms with van der Waals surface area (Å²) in [5, 5.41) is 8.99. The van der Waals surface area contributed by atoms with E-state index in [4.69, 9.17) is 11.0 Å². The fourth-order valence-electron chi connectivity index (χ4n) is 1.75. The summed E-state index contributed by atoms with van der Waals surface area (Å²) in [4.78, 5) is 9.95. The zero-order valence-corrected chi connectivity index (χ0v) is 10.0. The standard InChI is InChI=1S/C13H13N5/c1-18(13-4-6-16-8-11(13)15)9-10-3-2-5-17-12(10)7-14/h2-6,8H,9,15H2,1H3. The molecular formula is C13H13N5. The van der Waals surface area contributed by atoms with Gasteiger partial charge in [-0.15, -0.1) is 0 Å². The molecule has 2 aromatic heterocycles. The van der Waals surface area contributed by atoms with Crippen LogP contribution in [0.4, 0.5) is 11.4 Å². The second-order valence-corrected chi connectivity index (χ2v) is 3.91. The highest BCUT2D eigenvalue weighted by Crippen LogP contribution is 2.22. The minimum absolute atomic E-state index is 0.442. The molecule has 0 saturated carbocycles. The zero-order chi connectivity index (χ0) is 13.0. The molecule has 2 heterocycles.